The highest BCUT2D eigenvalue weighted by molar-refractivity contribution is 6.30. The molecular formula is C21H21ClN2O6. The van der Waals surface area contributed by atoms with Gasteiger partial charge in [-0.3, -0.25) is 9.59 Å². The van der Waals surface area contributed by atoms with Crippen LogP contribution >= 0.6 is 11.6 Å². The average Bonchev–Trinajstić information content (AvgIpc) is 2.72. The molecule has 0 aliphatic heterocycles. The molecule has 158 valence electrons. The Morgan fingerprint density at radius 2 is 1.83 bits per heavy atom. The number of carbonyl (C=O) groups is 3. The van der Waals surface area contributed by atoms with Crippen molar-refractivity contribution in [2.24, 2.45) is 5.73 Å². The number of primary amides is 1. The molecule has 2 aromatic carbocycles. The van der Waals surface area contributed by atoms with E-state index in [9.17, 15) is 14.4 Å². The second-order valence-electron chi connectivity index (χ2n) is 6.07. The first-order chi connectivity index (χ1) is 14.3. The zero-order chi connectivity index (χ0) is 22.1. The van der Waals surface area contributed by atoms with Gasteiger partial charge in [0.2, 0.25) is 0 Å². The number of halogens is 1. The number of benzene rings is 2. The minimum absolute atomic E-state index is 0.284. The Labute approximate surface area is 178 Å². The van der Waals surface area contributed by atoms with E-state index in [0.29, 0.717) is 27.8 Å². The lowest BCUT2D eigenvalue weighted by molar-refractivity contribution is -0.148. The summed E-state index contributed by atoms with van der Waals surface area (Å²) < 4.78 is 15.5. The number of esters is 1. The quantitative estimate of drug-likeness (QED) is 0.464. The summed E-state index contributed by atoms with van der Waals surface area (Å²) in [7, 11) is 1.44. The van der Waals surface area contributed by atoms with Crippen molar-refractivity contribution in [2.75, 3.05) is 19.0 Å². The van der Waals surface area contributed by atoms with E-state index in [-0.39, 0.29) is 6.61 Å². The maximum atomic E-state index is 12.1. The molecule has 0 aliphatic carbocycles. The van der Waals surface area contributed by atoms with Crippen LogP contribution in [0.5, 0.6) is 11.5 Å². The molecule has 0 aromatic heterocycles. The Bertz CT molecular complexity index is 943. The first-order valence-electron chi connectivity index (χ1n) is 8.82. The second kappa shape index (κ2) is 10.9. The SMILES string of the molecule is COc1cc(/C=C/C(=O)OC(C)C(=O)Nc2ccc(Cl)cc2)ccc1OCC(N)=O. The average molecular weight is 433 g/mol. The van der Waals surface area contributed by atoms with E-state index in [1.165, 1.54) is 26.2 Å². The van der Waals surface area contributed by atoms with Crippen LogP contribution in [0.25, 0.3) is 6.08 Å². The fourth-order valence-electron chi connectivity index (χ4n) is 2.26. The predicted octanol–water partition coefficient (Wildman–Crippen LogP) is 2.80. The van der Waals surface area contributed by atoms with Crippen LogP contribution in [0.1, 0.15) is 12.5 Å². The topological polar surface area (TPSA) is 117 Å². The van der Waals surface area contributed by atoms with Crippen LogP contribution < -0.4 is 20.5 Å². The standard InChI is InChI=1S/C21H21ClN2O6/c1-13(21(27)24-16-7-5-15(22)6-8-16)30-20(26)10-4-14-3-9-17(18(11-14)28-2)29-12-19(23)25/h3-11,13H,12H2,1-2H3,(H2,23,25)(H,24,27)/b10-4+. The first-order valence-corrected chi connectivity index (χ1v) is 9.20. The minimum Gasteiger partial charge on any atom is -0.493 e. The molecule has 0 heterocycles. The molecule has 0 saturated carbocycles. The lowest BCUT2D eigenvalue weighted by Crippen LogP contribution is -2.29. The molecule has 0 spiro atoms. The van der Waals surface area contributed by atoms with Crippen LogP contribution in [0, 0.1) is 0 Å². The lowest BCUT2D eigenvalue weighted by atomic mass is 10.2. The Morgan fingerprint density at radius 1 is 1.13 bits per heavy atom. The van der Waals surface area contributed by atoms with Crippen molar-refractivity contribution >= 4 is 41.1 Å². The fourth-order valence-corrected chi connectivity index (χ4v) is 2.39. The van der Waals surface area contributed by atoms with Crippen molar-refractivity contribution in [1.82, 2.24) is 0 Å². The summed E-state index contributed by atoms with van der Waals surface area (Å²) in [6.45, 7) is 1.18. The Morgan fingerprint density at radius 3 is 2.47 bits per heavy atom. The smallest absolute Gasteiger partial charge is 0.331 e. The monoisotopic (exact) mass is 432 g/mol. The molecule has 1 unspecified atom stereocenters. The summed E-state index contributed by atoms with van der Waals surface area (Å²) in [6, 6.07) is 11.4. The van der Waals surface area contributed by atoms with E-state index in [1.54, 1.807) is 42.5 Å². The number of nitrogens with one attached hydrogen (secondary N) is 1. The molecule has 2 aromatic rings. The summed E-state index contributed by atoms with van der Waals surface area (Å²) in [5, 5.41) is 3.17. The summed E-state index contributed by atoms with van der Waals surface area (Å²) in [5.74, 6) is -1.08. The number of methoxy groups -OCH3 is 1. The van der Waals surface area contributed by atoms with Gasteiger partial charge in [-0.25, -0.2) is 4.79 Å². The largest absolute Gasteiger partial charge is 0.493 e. The summed E-state index contributed by atoms with van der Waals surface area (Å²) in [5.41, 5.74) is 6.21. The predicted molar refractivity (Wildman–Crippen MR) is 112 cm³/mol. The van der Waals surface area contributed by atoms with Crippen LogP contribution in [0.4, 0.5) is 5.69 Å². The van der Waals surface area contributed by atoms with E-state index in [0.717, 1.165) is 0 Å². The number of anilines is 1. The zero-order valence-corrected chi connectivity index (χ0v) is 17.1. The molecule has 0 fully saturated rings. The van der Waals surface area contributed by atoms with Gasteiger partial charge in [0.25, 0.3) is 11.8 Å². The summed E-state index contributed by atoms with van der Waals surface area (Å²) in [6.07, 6.45) is 1.68. The number of nitrogens with two attached hydrogens (primary N) is 1. The van der Waals surface area contributed by atoms with Crippen molar-refractivity contribution in [3.63, 3.8) is 0 Å². The maximum Gasteiger partial charge on any atom is 0.331 e. The normalized spacial score (nSPS) is 11.6. The van der Waals surface area contributed by atoms with Gasteiger partial charge < -0.3 is 25.3 Å². The Hall–Kier alpha value is -3.52. The summed E-state index contributed by atoms with van der Waals surface area (Å²) >= 11 is 5.80. The number of carbonyl (C=O) groups excluding carboxylic acids is 3. The molecule has 0 bridgehead atoms. The third-order valence-electron chi connectivity index (χ3n) is 3.74. The molecular weight excluding hydrogens is 412 g/mol. The highest BCUT2D eigenvalue weighted by Gasteiger charge is 2.16. The van der Waals surface area contributed by atoms with Gasteiger partial charge in [-0.05, 0) is 55.0 Å². The van der Waals surface area contributed by atoms with Gasteiger partial charge in [0.05, 0.1) is 7.11 Å². The third-order valence-corrected chi connectivity index (χ3v) is 4.00. The van der Waals surface area contributed by atoms with Crippen molar-refractivity contribution in [3.05, 3.63) is 59.1 Å². The van der Waals surface area contributed by atoms with Gasteiger partial charge in [0, 0.05) is 16.8 Å². The second-order valence-corrected chi connectivity index (χ2v) is 6.51. The molecule has 1 atom stereocenters. The molecule has 2 rings (SSSR count). The Kier molecular flexibility index (Phi) is 8.25. The van der Waals surface area contributed by atoms with Crippen molar-refractivity contribution in [3.8, 4) is 11.5 Å². The number of rotatable bonds is 9. The molecule has 0 radical (unpaired) electrons. The van der Waals surface area contributed by atoms with Crippen LogP contribution in [-0.2, 0) is 19.1 Å². The van der Waals surface area contributed by atoms with Crippen molar-refractivity contribution in [1.29, 1.82) is 0 Å². The minimum atomic E-state index is -1.00. The highest BCUT2D eigenvalue weighted by Crippen LogP contribution is 2.28. The first kappa shape index (κ1) is 22.8. The molecule has 30 heavy (non-hydrogen) atoms. The van der Waals surface area contributed by atoms with Crippen LogP contribution in [0.3, 0.4) is 0 Å². The van der Waals surface area contributed by atoms with Gasteiger partial charge in [0.15, 0.2) is 24.2 Å². The zero-order valence-electron chi connectivity index (χ0n) is 16.4. The van der Waals surface area contributed by atoms with Crippen LogP contribution in [-0.4, -0.2) is 37.6 Å². The molecule has 2 amide bonds. The fraction of sp³-hybridized carbons (Fsp3) is 0.190. The highest BCUT2D eigenvalue weighted by atomic mass is 35.5. The van der Waals surface area contributed by atoms with Crippen LogP contribution in [0.15, 0.2) is 48.5 Å². The summed E-state index contributed by atoms with van der Waals surface area (Å²) in [4.78, 5) is 35.0. The molecule has 3 N–H and O–H groups in total. The Balaban J connectivity index is 1.93. The van der Waals surface area contributed by atoms with Gasteiger partial charge in [-0.2, -0.15) is 0 Å². The molecule has 8 nitrogen and oxygen atoms in total. The number of ether oxygens (including phenoxy) is 3. The van der Waals surface area contributed by atoms with E-state index >= 15 is 0 Å². The van der Waals surface area contributed by atoms with E-state index in [1.807, 2.05) is 0 Å². The van der Waals surface area contributed by atoms with Gasteiger partial charge in [0.1, 0.15) is 0 Å². The van der Waals surface area contributed by atoms with E-state index in [2.05, 4.69) is 5.32 Å². The lowest BCUT2D eigenvalue weighted by Gasteiger charge is -2.12. The van der Waals surface area contributed by atoms with E-state index < -0.39 is 23.9 Å². The maximum absolute atomic E-state index is 12.1. The van der Waals surface area contributed by atoms with Crippen molar-refractivity contribution < 1.29 is 28.6 Å². The number of hydrogen-bond donors (Lipinski definition) is 2. The van der Waals surface area contributed by atoms with Gasteiger partial charge in [-0.1, -0.05) is 17.7 Å². The molecule has 0 aliphatic rings. The van der Waals surface area contributed by atoms with Crippen molar-refractivity contribution in [2.45, 2.75) is 13.0 Å². The van der Waals surface area contributed by atoms with Gasteiger partial charge in [-0.15, -0.1) is 0 Å². The van der Waals surface area contributed by atoms with Crippen LogP contribution in [0.2, 0.25) is 5.02 Å². The number of hydrogen-bond acceptors (Lipinski definition) is 6. The number of amides is 2. The van der Waals surface area contributed by atoms with Gasteiger partial charge >= 0.3 is 5.97 Å². The molecule has 0 saturated heterocycles. The molecule has 9 heteroatoms. The third kappa shape index (κ3) is 7.14. The van der Waals surface area contributed by atoms with E-state index in [4.69, 9.17) is 31.5 Å².